The number of hydrogen-bond donors (Lipinski definition) is 1. The Morgan fingerprint density at radius 3 is 2.52 bits per heavy atom. The molecule has 0 spiro atoms. The first-order valence-corrected chi connectivity index (χ1v) is 7.90. The Hall–Kier alpha value is -2.79. The SMILES string of the molecule is COc1ccc(C=CC(=O)OCC(=O)Nc2ccc(C)c(Cl)c2)cc1. The van der Waals surface area contributed by atoms with Crippen molar-refractivity contribution in [3.8, 4) is 5.75 Å². The predicted molar refractivity (Wildman–Crippen MR) is 97.8 cm³/mol. The van der Waals surface area contributed by atoms with Gasteiger partial charge in [-0.2, -0.15) is 0 Å². The normalized spacial score (nSPS) is 10.5. The van der Waals surface area contributed by atoms with Crippen LogP contribution in [0.5, 0.6) is 5.75 Å². The van der Waals surface area contributed by atoms with Crippen molar-refractivity contribution in [1.82, 2.24) is 0 Å². The zero-order chi connectivity index (χ0) is 18.2. The number of carbonyl (C=O) groups excluding carboxylic acids is 2. The molecule has 0 radical (unpaired) electrons. The summed E-state index contributed by atoms with van der Waals surface area (Å²) in [6.45, 7) is 1.49. The van der Waals surface area contributed by atoms with Crippen molar-refractivity contribution in [2.45, 2.75) is 6.92 Å². The molecule has 6 heteroatoms. The van der Waals surface area contributed by atoms with E-state index >= 15 is 0 Å². The number of ether oxygens (including phenoxy) is 2. The van der Waals surface area contributed by atoms with Crippen LogP contribution in [0.25, 0.3) is 6.08 Å². The average molecular weight is 360 g/mol. The summed E-state index contributed by atoms with van der Waals surface area (Å²) in [6, 6.07) is 12.3. The van der Waals surface area contributed by atoms with E-state index in [-0.39, 0.29) is 6.61 Å². The van der Waals surface area contributed by atoms with Gasteiger partial charge in [0.1, 0.15) is 5.75 Å². The van der Waals surface area contributed by atoms with E-state index in [0.29, 0.717) is 10.7 Å². The molecule has 0 bridgehead atoms. The monoisotopic (exact) mass is 359 g/mol. The molecular weight excluding hydrogens is 342 g/mol. The van der Waals surface area contributed by atoms with Crippen LogP contribution in [0.2, 0.25) is 5.02 Å². The molecule has 2 rings (SSSR count). The molecule has 0 fully saturated rings. The largest absolute Gasteiger partial charge is 0.497 e. The van der Waals surface area contributed by atoms with Crippen molar-refractivity contribution in [3.05, 3.63) is 64.7 Å². The first kappa shape index (κ1) is 18.5. The van der Waals surface area contributed by atoms with E-state index in [4.69, 9.17) is 21.1 Å². The minimum Gasteiger partial charge on any atom is -0.497 e. The lowest BCUT2D eigenvalue weighted by atomic mass is 10.2. The summed E-state index contributed by atoms with van der Waals surface area (Å²) in [7, 11) is 1.58. The number of aryl methyl sites for hydroxylation is 1. The highest BCUT2D eigenvalue weighted by Crippen LogP contribution is 2.19. The molecule has 0 saturated carbocycles. The summed E-state index contributed by atoms with van der Waals surface area (Å²) < 4.78 is 9.96. The van der Waals surface area contributed by atoms with Gasteiger partial charge in [-0.25, -0.2) is 4.79 Å². The Labute approximate surface area is 151 Å². The molecule has 0 unspecified atom stereocenters. The van der Waals surface area contributed by atoms with Gasteiger partial charge in [-0.1, -0.05) is 29.8 Å². The molecule has 0 aliphatic rings. The van der Waals surface area contributed by atoms with Gasteiger partial charge in [-0.15, -0.1) is 0 Å². The topological polar surface area (TPSA) is 64.6 Å². The molecule has 5 nitrogen and oxygen atoms in total. The highest BCUT2D eigenvalue weighted by Gasteiger charge is 2.06. The fourth-order valence-electron chi connectivity index (χ4n) is 1.93. The Balaban J connectivity index is 1.81. The number of carbonyl (C=O) groups is 2. The number of amides is 1. The van der Waals surface area contributed by atoms with Crippen LogP contribution in [0.3, 0.4) is 0 Å². The number of nitrogens with one attached hydrogen (secondary N) is 1. The molecule has 25 heavy (non-hydrogen) atoms. The molecule has 0 aromatic heterocycles. The zero-order valence-corrected chi connectivity index (χ0v) is 14.7. The van der Waals surface area contributed by atoms with Crippen LogP contribution in [0, 0.1) is 6.92 Å². The Morgan fingerprint density at radius 1 is 1.16 bits per heavy atom. The van der Waals surface area contributed by atoms with Gasteiger partial charge in [0.2, 0.25) is 0 Å². The van der Waals surface area contributed by atoms with Gasteiger partial charge in [0.15, 0.2) is 6.61 Å². The molecule has 1 amide bonds. The summed E-state index contributed by atoms with van der Waals surface area (Å²) in [5.74, 6) is -0.313. The van der Waals surface area contributed by atoms with Crippen molar-refractivity contribution >= 4 is 35.2 Å². The Bertz CT molecular complexity index is 785. The standard InChI is InChI=1S/C19H18ClNO4/c1-13-3-7-15(11-17(13)20)21-18(22)12-25-19(23)10-6-14-4-8-16(24-2)9-5-14/h3-11H,12H2,1-2H3,(H,21,22). The van der Waals surface area contributed by atoms with E-state index in [1.54, 1.807) is 55.7 Å². The summed E-state index contributed by atoms with van der Waals surface area (Å²) in [6.07, 6.45) is 2.86. The van der Waals surface area contributed by atoms with Crippen molar-refractivity contribution in [3.63, 3.8) is 0 Å². The van der Waals surface area contributed by atoms with Crippen LogP contribution in [0.15, 0.2) is 48.5 Å². The van der Waals surface area contributed by atoms with Gasteiger partial charge in [-0.05, 0) is 48.4 Å². The van der Waals surface area contributed by atoms with E-state index < -0.39 is 11.9 Å². The van der Waals surface area contributed by atoms with Crippen LogP contribution in [0.4, 0.5) is 5.69 Å². The third kappa shape index (κ3) is 5.97. The predicted octanol–water partition coefficient (Wildman–Crippen LogP) is 3.85. The Morgan fingerprint density at radius 2 is 1.88 bits per heavy atom. The van der Waals surface area contributed by atoms with E-state index in [9.17, 15) is 9.59 Å². The second-order valence-corrected chi connectivity index (χ2v) is 5.63. The molecule has 2 aromatic carbocycles. The quantitative estimate of drug-likeness (QED) is 0.628. The van der Waals surface area contributed by atoms with Gasteiger partial charge >= 0.3 is 5.97 Å². The molecule has 1 N–H and O–H groups in total. The van der Waals surface area contributed by atoms with Crippen LogP contribution in [0.1, 0.15) is 11.1 Å². The summed E-state index contributed by atoms with van der Waals surface area (Å²) in [5, 5.41) is 3.17. The average Bonchev–Trinajstić information content (AvgIpc) is 2.61. The van der Waals surface area contributed by atoms with E-state index in [0.717, 1.165) is 16.9 Å². The van der Waals surface area contributed by atoms with Crippen LogP contribution in [-0.4, -0.2) is 25.6 Å². The number of anilines is 1. The van der Waals surface area contributed by atoms with Gasteiger partial charge < -0.3 is 14.8 Å². The number of rotatable bonds is 6. The lowest BCUT2D eigenvalue weighted by Gasteiger charge is -2.07. The minimum absolute atomic E-state index is 0.378. The molecule has 0 heterocycles. The van der Waals surface area contributed by atoms with Crippen LogP contribution < -0.4 is 10.1 Å². The van der Waals surface area contributed by atoms with Crippen molar-refractivity contribution < 1.29 is 19.1 Å². The van der Waals surface area contributed by atoms with Crippen LogP contribution >= 0.6 is 11.6 Å². The smallest absolute Gasteiger partial charge is 0.331 e. The fraction of sp³-hybridized carbons (Fsp3) is 0.158. The number of hydrogen-bond acceptors (Lipinski definition) is 4. The summed E-state index contributed by atoms with van der Waals surface area (Å²) in [5.41, 5.74) is 2.27. The van der Waals surface area contributed by atoms with Crippen molar-refractivity contribution in [1.29, 1.82) is 0 Å². The van der Waals surface area contributed by atoms with E-state index in [1.165, 1.54) is 6.08 Å². The Kier molecular flexibility index (Phi) is 6.60. The number of benzene rings is 2. The highest BCUT2D eigenvalue weighted by molar-refractivity contribution is 6.31. The van der Waals surface area contributed by atoms with Gasteiger partial charge in [0.25, 0.3) is 5.91 Å². The first-order chi connectivity index (χ1) is 12.0. The van der Waals surface area contributed by atoms with Crippen molar-refractivity contribution in [2.75, 3.05) is 19.0 Å². The van der Waals surface area contributed by atoms with E-state index in [2.05, 4.69) is 5.32 Å². The van der Waals surface area contributed by atoms with Gasteiger partial charge in [-0.3, -0.25) is 4.79 Å². The molecule has 0 atom stereocenters. The summed E-state index contributed by atoms with van der Waals surface area (Å²) >= 11 is 5.99. The maximum atomic E-state index is 11.8. The van der Waals surface area contributed by atoms with Crippen molar-refractivity contribution in [2.24, 2.45) is 0 Å². The number of methoxy groups -OCH3 is 1. The second kappa shape index (κ2) is 8.89. The highest BCUT2D eigenvalue weighted by atomic mass is 35.5. The fourth-order valence-corrected chi connectivity index (χ4v) is 2.11. The molecule has 130 valence electrons. The third-order valence-corrected chi connectivity index (χ3v) is 3.74. The zero-order valence-electron chi connectivity index (χ0n) is 13.9. The lowest BCUT2D eigenvalue weighted by molar-refractivity contribution is -0.142. The maximum Gasteiger partial charge on any atom is 0.331 e. The minimum atomic E-state index is -0.604. The second-order valence-electron chi connectivity index (χ2n) is 5.23. The number of esters is 1. The van der Waals surface area contributed by atoms with E-state index in [1.807, 2.05) is 6.92 Å². The first-order valence-electron chi connectivity index (χ1n) is 7.53. The molecular formula is C19H18ClNO4. The van der Waals surface area contributed by atoms with Gasteiger partial charge in [0, 0.05) is 16.8 Å². The molecule has 0 aliphatic carbocycles. The lowest BCUT2D eigenvalue weighted by Crippen LogP contribution is -2.20. The van der Waals surface area contributed by atoms with Crippen LogP contribution in [-0.2, 0) is 14.3 Å². The molecule has 0 aliphatic heterocycles. The molecule has 2 aromatic rings. The maximum absolute atomic E-state index is 11.8. The third-order valence-electron chi connectivity index (χ3n) is 3.33. The number of halogens is 1. The van der Waals surface area contributed by atoms with Gasteiger partial charge in [0.05, 0.1) is 7.11 Å². The summed E-state index contributed by atoms with van der Waals surface area (Å²) in [4.78, 5) is 23.4. The molecule has 0 saturated heterocycles.